The van der Waals surface area contributed by atoms with Gasteiger partial charge in [-0.05, 0) is 13.0 Å². The Bertz CT molecular complexity index is 328. The molecule has 0 N–H and O–H groups in total. The van der Waals surface area contributed by atoms with E-state index in [2.05, 4.69) is 4.74 Å². The van der Waals surface area contributed by atoms with Gasteiger partial charge in [0, 0.05) is 5.56 Å². The van der Waals surface area contributed by atoms with Gasteiger partial charge in [0.1, 0.15) is 5.75 Å². The van der Waals surface area contributed by atoms with Crippen molar-refractivity contribution in [1.29, 1.82) is 0 Å². The minimum Gasteiger partial charge on any atom is -0.405 e. The van der Waals surface area contributed by atoms with Crippen LogP contribution in [0.1, 0.15) is 12.5 Å². The van der Waals surface area contributed by atoms with E-state index in [0.717, 1.165) is 0 Å². The number of rotatable bonds is 2. The Morgan fingerprint density at radius 1 is 1.21 bits per heavy atom. The molecule has 76 valence electrons. The van der Waals surface area contributed by atoms with Crippen molar-refractivity contribution in [3.05, 3.63) is 35.9 Å². The lowest BCUT2D eigenvalue weighted by molar-refractivity contribution is -0.274. The zero-order chi connectivity index (χ0) is 10.6. The van der Waals surface area contributed by atoms with Gasteiger partial charge in [0.25, 0.3) is 0 Å². The van der Waals surface area contributed by atoms with Gasteiger partial charge in [-0.1, -0.05) is 30.4 Å². The number of halogens is 3. The molecule has 0 aliphatic carbocycles. The third-order valence-electron chi connectivity index (χ3n) is 1.49. The zero-order valence-corrected chi connectivity index (χ0v) is 7.51. The number of hydrogen-bond acceptors (Lipinski definition) is 1. The molecule has 14 heavy (non-hydrogen) atoms. The lowest BCUT2D eigenvalue weighted by Gasteiger charge is -2.10. The molecule has 1 aromatic rings. The first kappa shape index (κ1) is 10.6. The number of ether oxygens (including phenoxy) is 1. The van der Waals surface area contributed by atoms with Gasteiger partial charge in [0.2, 0.25) is 0 Å². The smallest absolute Gasteiger partial charge is 0.405 e. The zero-order valence-electron chi connectivity index (χ0n) is 7.51. The van der Waals surface area contributed by atoms with E-state index in [-0.39, 0.29) is 5.75 Å². The molecular formula is C10H9F3O. The molecule has 0 saturated carbocycles. The van der Waals surface area contributed by atoms with Crippen LogP contribution in [-0.4, -0.2) is 6.36 Å². The predicted molar refractivity (Wildman–Crippen MR) is 47.8 cm³/mol. The van der Waals surface area contributed by atoms with E-state index in [0.29, 0.717) is 5.56 Å². The molecule has 0 aliphatic heterocycles. The van der Waals surface area contributed by atoms with Crippen LogP contribution in [0.5, 0.6) is 5.75 Å². The highest BCUT2D eigenvalue weighted by Crippen LogP contribution is 2.26. The number of para-hydroxylation sites is 1. The fourth-order valence-electron chi connectivity index (χ4n) is 1.02. The lowest BCUT2D eigenvalue weighted by Crippen LogP contribution is -2.17. The summed E-state index contributed by atoms with van der Waals surface area (Å²) in [5.74, 6) is -0.182. The molecule has 0 unspecified atom stereocenters. The van der Waals surface area contributed by atoms with Crippen LogP contribution in [0.15, 0.2) is 30.3 Å². The Labute approximate surface area is 79.8 Å². The molecule has 1 rings (SSSR count). The molecular weight excluding hydrogens is 193 g/mol. The van der Waals surface area contributed by atoms with E-state index in [1.165, 1.54) is 12.1 Å². The van der Waals surface area contributed by atoms with Gasteiger partial charge in [-0.2, -0.15) is 0 Å². The average molecular weight is 202 g/mol. The molecule has 0 spiro atoms. The van der Waals surface area contributed by atoms with Gasteiger partial charge >= 0.3 is 6.36 Å². The highest BCUT2D eigenvalue weighted by atomic mass is 19.4. The summed E-state index contributed by atoms with van der Waals surface area (Å²) in [7, 11) is 0. The van der Waals surface area contributed by atoms with Crippen molar-refractivity contribution < 1.29 is 17.9 Å². The second kappa shape index (κ2) is 4.17. The Kier molecular flexibility index (Phi) is 3.17. The van der Waals surface area contributed by atoms with Gasteiger partial charge in [0.15, 0.2) is 0 Å². The summed E-state index contributed by atoms with van der Waals surface area (Å²) in [6, 6.07) is 5.98. The van der Waals surface area contributed by atoms with Crippen LogP contribution in [0.3, 0.4) is 0 Å². The Balaban J connectivity index is 2.96. The SMILES string of the molecule is CC=Cc1ccccc1OC(F)(F)F. The van der Waals surface area contributed by atoms with Crippen LogP contribution in [0.25, 0.3) is 6.08 Å². The second-order valence-electron chi connectivity index (χ2n) is 2.59. The molecule has 0 aromatic heterocycles. The summed E-state index contributed by atoms with van der Waals surface area (Å²) in [5.41, 5.74) is 0.410. The fourth-order valence-corrected chi connectivity index (χ4v) is 1.02. The molecule has 0 heterocycles. The van der Waals surface area contributed by atoms with Gasteiger partial charge < -0.3 is 4.74 Å². The number of benzene rings is 1. The van der Waals surface area contributed by atoms with Crippen LogP contribution in [0.2, 0.25) is 0 Å². The maximum atomic E-state index is 11.9. The molecule has 4 heteroatoms. The average Bonchev–Trinajstić information content (AvgIpc) is 2.06. The van der Waals surface area contributed by atoms with Gasteiger partial charge in [0.05, 0.1) is 0 Å². The standard InChI is InChI=1S/C10H9F3O/c1-2-5-8-6-3-4-7-9(8)14-10(11,12)13/h2-7H,1H3. The molecule has 0 atom stereocenters. The first-order chi connectivity index (χ1) is 6.53. The summed E-state index contributed by atoms with van der Waals surface area (Å²) >= 11 is 0. The van der Waals surface area contributed by atoms with Crippen molar-refractivity contribution in [2.45, 2.75) is 13.3 Å². The topological polar surface area (TPSA) is 9.23 Å². The third-order valence-corrected chi connectivity index (χ3v) is 1.49. The molecule has 0 fully saturated rings. The first-order valence-corrected chi connectivity index (χ1v) is 4.00. The molecule has 1 aromatic carbocycles. The van der Waals surface area contributed by atoms with E-state index in [1.807, 2.05) is 0 Å². The largest absolute Gasteiger partial charge is 0.573 e. The number of hydrogen-bond donors (Lipinski definition) is 0. The van der Waals surface area contributed by atoms with E-state index in [4.69, 9.17) is 0 Å². The van der Waals surface area contributed by atoms with Crippen molar-refractivity contribution in [2.75, 3.05) is 0 Å². The van der Waals surface area contributed by atoms with Crippen LogP contribution in [0, 0.1) is 0 Å². The quantitative estimate of drug-likeness (QED) is 0.711. The van der Waals surface area contributed by atoms with Crippen LogP contribution in [0.4, 0.5) is 13.2 Å². The number of alkyl halides is 3. The summed E-state index contributed by atoms with van der Waals surface area (Å²) in [6.07, 6.45) is -1.43. The Morgan fingerprint density at radius 2 is 1.86 bits per heavy atom. The molecule has 0 saturated heterocycles. The summed E-state index contributed by atoms with van der Waals surface area (Å²) in [6.45, 7) is 1.73. The van der Waals surface area contributed by atoms with E-state index >= 15 is 0 Å². The fraction of sp³-hybridized carbons (Fsp3) is 0.200. The van der Waals surface area contributed by atoms with Crippen molar-refractivity contribution >= 4 is 6.08 Å². The Morgan fingerprint density at radius 3 is 2.43 bits per heavy atom. The van der Waals surface area contributed by atoms with Crippen LogP contribution < -0.4 is 4.74 Å². The van der Waals surface area contributed by atoms with Crippen molar-refractivity contribution in [1.82, 2.24) is 0 Å². The highest BCUT2D eigenvalue weighted by Gasteiger charge is 2.31. The maximum Gasteiger partial charge on any atom is 0.573 e. The van der Waals surface area contributed by atoms with Crippen molar-refractivity contribution in [3.8, 4) is 5.75 Å². The number of allylic oxidation sites excluding steroid dienone is 1. The normalized spacial score (nSPS) is 12.0. The van der Waals surface area contributed by atoms with Crippen LogP contribution in [-0.2, 0) is 0 Å². The van der Waals surface area contributed by atoms with Gasteiger partial charge in [-0.15, -0.1) is 13.2 Å². The molecule has 0 bridgehead atoms. The lowest BCUT2D eigenvalue weighted by atomic mass is 10.2. The van der Waals surface area contributed by atoms with Gasteiger partial charge in [-0.3, -0.25) is 0 Å². The van der Waals surface area contributed by atoms with Gasteiger partial charge in [-0.25, -0.2) is 0 Å². The molecule has 0 aliphatic rings. The molecule has 0 amide bonds. The molecule has 1 nitrogen and oxygen atoms in total. The second-order valence-corrected chi connectivity index (χ2v) is 2.59. The first-order valence-electron chi connectivity index (χ1n) is 4.00. The monoisotopic (exact) mass is 202 g/mol. The molecule has 0 radical (unpaired) electrons. The summed E-state index contributed by atoms with van der Waals surface area (Å²) < 4.78 is 39.6. The summed E-state index contributed by atoms with van der Waals surface area (Å²) in [5, 5.41) is 0. The van der Waals surface area contributed by atoms with E-state index in [1.54, 1.807) is 31.2 Å². The van der Waals surface area contributed by atoms with Crippen LogP contribution >= 0.6 is 0 Å². The van der Waals surface area contributed by atoms with Crippen molar-refractivity contribution in [2.24, 2.45) is 0 Å². The van der Waals surface area contributed by atoms with E-state index in [9.17, 15) is 13.2 Å². The highest BCUT2D eigenvalue weighted by molar-refractivity contribution is 5.56. The minimum absolute atomic E-state index is 0.182. The van der Waals surface area contributed by atoms with Crippen molar-refractivity contribution in [3.63, 3.8) is 0 Å². The third kappa shape index (κ3) is 3.12. The minimum atomic E-state index is -4.64. The Hall–Kier alpha value is -1.45. The van der Waals surface area contributed by atoms with E-state index < -0.39 is 6.36 Å². The maximum absolute atomic E-state index is 11.9. The predicted octanol–water partition coefficient (Wildman–Crippen LogP) is 3.62. The summed E-state index contributed by atoms with van der Waals surface area (Å²) in [4.78, 5) is 0.